The lowest BCUT2D eigenvalue weighted by molar-refractivity contribution is 0.163. The van der Waals surface area contributed by atoms with Gasteiger partial charge in [-0.3, -0.25) is 0 Å². The maximum Gasteiger partial charge on any atom is 0.0793 e. The smallest absolute Gasteiger partial charge is 0.0793 e. The molecule has 33 heavy (non-hydrogen) atoms. The average Bonchev–Trinajstić information content (AvgIpc) is 2.85. The van der Waals surface area contributed by atoms with E-state index in [0.717, 1.165) is 38.9 Å². The molecule has 4 heteroatoms. The molecule has 3 aromatic carbocycles. The first-order valence-corrected chi connectivity index (χ1v) is 11.7. The average molecular weight is 458 g/mol. The lowest BCUT2D eigenvalue weighted by Crippen LogP contribution is -2.04. The minimum Gasteiger partial charge on any atom is -0.388 e. The van der Waals surface area contributed by atoms with Crippen LogP contribution in [0.5, 0.6) is 0 Å². The summed E-state index contributed by atoms with van der Waals surface area (Å²) in [5.41, 5.74) is 5.63. The second-order valence-corrected chi connectivity index (χ2v) is 8.69. The number of pyridine rings is 1. The molecule has 2 N–H and O–H groups in total. The zero-order chi connectivity index (χ0) is 23.2. The molecule has 0 radical (unpaired) electrons. The third-order valence-electron chi connectivity index (χ3n) is 5.91. The molecule has 4 rings (SSSR count). The molecular formula is C29H28ClNO2. The van der Waals surface area contributed by atoms with Crippen LogP contribution in [0.2, 0.25) is 5.02 Å². The van der Waals surface area contributed by atoms with E-state index in [0.29, 0.717) is 24.3 Å². The Kier molecular flexibility index (Phi) is 7.56. The highest BCUT2D eigenvalue weighted by atomic mass is 35.5. The fraction of sp³-hybridized carbons (Fsp3) is 0.207. The fourth-order valence-corrected chi connectivity index (χ4v) is 4.18. The van der Waals surface area contributed by atoms with Gasteiger partial charge in [0.2, 0.25) is 0 Å². The summed E-state index contributed by atoms with van der Waals surface area (Å²) in [6.07, 6.45) is 4.90. The molecule has 0 aliphatic rings. The van der Waals surface area contributed by atoms with Gasteiger partial charge in [-0.05, 0) is 71.9 Å². The molecule has 0 spiro atoms. The van der Waals surface area contributed by atoms with Crippen LogP contribution in [-0.4, -0.2) is 15.2 Å². The highest BCUT2D eigenvalue weighted by molar-refractivity contribution is 6.31. The standard InChI is InChI=1S/C29H28ClNO2/c1-2-28(32)26-9-4-3-7-21(26)13-17-29(33)23-8-5-6-20(18-23)10-15-25-16-12-22-11-14-24(30)19-27(22)31-25/h3-12,14-16,18-19,28-29,32-33H,2,13,17H2,1H3/b15-10+/t28?,29-/m0/s1. The number of hydrogen-bond acceptors (Lipinski definition) is 3. The Morgan fingerprint density at radius 3 is 2.55 bits per heavy atom. The van der Waals surface area contributed by atoms with Crippen molar-refractivity contribution in [2.75, 3.05) is 0 Å². The van der Waals surface area contributed by atoms with Gasteiger partial charge < -0.3 is 10.2 Å². The van der Waals surface area contributed by atoms with Gasteiger partial charge in [0.05, 0.1) is 23.4 Å². The Bertz CT molecular complexity index is 1270. The van der Waals surface area contributed by atoms with Crippen molar-refractivity contribution in [3.8, 4) is 0 Å². The first-order valence-electron chi connectivity index (χ1n) is 11.3. The van der Waals surface area contributed by atoms with Crippen LogP contribution in [-0.2, 0) is 6.42 Å². The molecule has 0 amide bonds. The Morgan fingerprint density at radius 2 is 1.70 bits per heavy atom. The summed E-state index contributed by atoms with van der Waals surface area (Å²) in [5.74, 6) is 0. The Labute approximate surface area is 200 Å². The summed E-state index contributed by atoms with van der Waals surface area (Å²) in [6.45, 7) is 1.97. The van der Waals surface area contributed by atoms with E-state index >= 15 is 0 Å². The minimum atomic E-state index is -0.578. The fourth-order valence-electron chi connectivity index (χ4n) is 4.02. The van der Waals surface area contributed by atoms with E-state index in [4.69, 9.17) is 11.6 Å². The monoisotopic (exact) mass is 457 g/mol. The molecule has 168 valence electrons. The first kappa shape index (κ1) is 23.2. The number of nitrogens with zero attached hydrogens (tertiary/aromatic N) is 1. The number of aliphatic hydroxyl groups is 2. The highest BCUT2D eigenvalue weighted by Gasteiger charge is 2.13. The quantitative estimate of drug-likeness (QED) is 0.295. The molecule has 0 bridgehead atoms. The number of rotatable bonds is 8. The van der Waals surface area contributed by atoms with E-state index in [1.165, 1.54) is 0 Å². The predicted molar refractivity (Wildman–Crippen MR) is 137 cm³/mol. The minimum absolute atomic E-state index is 0.466. The van der Waals surface area contributed by atoms with Crippen LogP contribution < -0.4 is 0 Å². The predicted octanol–water partition coefficient (Wildman–Crippen LogP) is 7.17. The van der Waals surface area contributed by atoms with Gasteiger partial charge in [-0.2, -0.15) is 0 Å². The van der Waals surface area contributed by atoms with E-state index in [9.17, 15) is 10.2 Å². The molecule has 1 aromatic heterocycles. The molecule has 2 atom stereocenters. The van der Waals surface area contributed by atoms with E-state index in [1.54, 1.807) is 0 Å². The first-order chi connectivity index (χ1) is 16.0. The summed E-state index contributed by atoms with van der Waals surface area (Å²) < 4.78 is 0. The van der Waals surface area contributed by atoms with Crippen molar-refractivity contribution in [1.82, 2.24) is 4.98 Å². The van der Waals surface area contributed by atoms with Gasteiger partial charge in [0, 0.05) is 10.4 Å². The molecule has 0 aliphatic carbocycles. The maximum atomic E-state index is 10.8. The summed E-state index contributed by atoms with van der Waals surface area (Å²) in [5, 5.41) is 22.8. The second kappa shape index (κ2) is 10.8. The van der Waals surface area contributed by atoms with Gasteiger partial charge in [0.1, 0.15) is 0 Å². The number of aryl methyl sites for hydroxylation is 1. The van der Waals surface area contributed by atoms with Crippen molar-refractivity contribution in [2.45, 2.75) is 38.4 Å². The molecule has 4 aromatic rings. The lowest BCUT2D eigenvalue weighted by Gasteiger charge is -2.16. The van der Waals surface area contributed by atoms with Gasteiger partial charge in [-0.1, -0.05) is 79.2 Å². The van der Waals surface area contributed by atoms with Gasteiger partial charge >= 0.3 is 0 Å². The van der Waals surface area contributed by atoms with Crippen LogP contribution in [0.15, 0.2) is 78.9 Å². The largest absolute Gasteiger partial charge is 0.388 e. The molecule has 0 fully saturated rings. The summed E-state index contributed by atoms with van der Waals surface area (Å²) in [4.78, 5) is 4.66. The Hall–Kier alpha value is -2.98. The molecule has 1 heterocycles. The zero-order valence-electron chi connectivity index (χ0n) is 18.7. The molecule has 1 unspecified atom stereocenters. The van der Waals surface area contributed by atoms with Crippen LogP contribution in [0.1, 0.15) is 59.9 Å². The van der Waals surface area contributed by atoms with Crippen molar-refractivity contribution in [1.29, 1.82) is 0 Å². The van der Waals surface area contributed by atoms with Gasteiger partial charge in [0.15, 0.2) is 0 Å². The van der Waals surface area contributed by atoms with Gasteiger partial charge in [-0.15, -0.1) is 0 Å². The van der Waals surface area contributed by atoms with E-state index in [-0.39, 0.29) is 0 Å². The van der Waals surface area contributed by atoms with Crippen LogP contribution in [0.3, 0.4) is 0 Å². The Balaban J connectivity index is 1.45. The SMILES string of the molecule is CCC(O)c1ccccc1CC[C@H](O)c1cccc(/C=C/c2ccc3ccc(Cl)cc3n2)c1. The molecule has 0 saturated carbocycles. The number of aromatic nitrogens is 1. The van der Waals surface area contributed by atoms with Gasteiger partial charge in [-0.25, -0.2) is 4.98 Å². The van der Waals surface area contributed by atoms with Crippen LogP contribution >= 0.6 is 11.6 Å². The number of aliphatic hydroxyl groups excluding tert-OH is 2. The van der Waals surface area contributed by atoms with Crippen molar-refractivity contribution < 1.29 is 10.2 Å². The summed E-state index contributed by atoms with van der Waals surface area (Å²) in [6, 6.07) is 25.6. The lowest BCUT2D eigenvalue weighted by atomic mass is 9.94. The van der Waals surface area contributed by atoms with Crippen LogP contribution in [0.25, 0.3) is 23.1 Å². The number of benzene rings is 3. The van der Waals surface area contributed by atoms with E-state index in [2.05, 4.69) is 4.98 Å². The summed E-state index contributed by atoms with van der Waals surface area (Å²) >= 11 is 6.09. The third-order valence-corrected chi connectivity index (χ3v) is 6.14. The van der Waals surface area contributed by atoms with Crippen molar-refractivity contribution in [3.05, 3.63) is 112 Å². The molecule has 0 aliphatic heterocycles. The van der Waals surface area contributed by atoms with E-state index < -0.39 is 12.2 Å². The van der Waals surface area contributed by atoms with Crippen molar-refractivity contribution in [3.63, 3.8) is 0 Å². The highest BCUT2D eigenvalue weighted by Crippen LogP contribution is 2.26. The van der Waals surface area contributed by atoms with E-state index in [1.807, 2.05) is 97.9 Å². The number of hydrogen-bond donors (Lipinski definition) is 2. The Morgan fingerprint density at radius 1 is 0.879 bits per heavy atom. The molecule has 3 nitrogen and oxygen atoms in total. The summed E-state index contributed by atoms with van der Waals surface area (Å²) in [7, 11) is 0. The van der Waals surface area contributed by atoms with Crippen LogP contribution in [0.4, 0.5) is 0 Å². The van der Waals surface area contributed by atoms with Crippen molar-refractivity contribution in [2.24, 2.45) is 0 Å². The van der Waals surface area contributed by atoms with Crippen molar-refractivity contribution >= 4 is 34.7 Å². The zero-order valence-corrected chi connectivity index (χ0v) is 19.4. The van der Waals surface area contributed by atoms with Gasteiger partial charge in [0.25, 0.3) is 0 Å². The molecule has 0 saturated heterocycles. The molecular weight excluding hydrogens is 430 g/mol. The third kappa shape index (κ3) is 5.88. The number of fused-ring (bicyclic) bond motifs is 1. The second-order valence-electron chi connectivity index (χ2n) is 8.25. The normalized spacial score (nSPS) is 13.5. The van der Waals surface area contributed by atoms with Crippen LogP contribution in [0, 0.1) is 0 Å². The maximum absolute atomic E-state index is 10.8. The topological polar surface area (TPSA) is 53.4 Å². The number of halogens is 1.